The quantitative estimate of drug-likeness (QED) is 0.300. The third-order valence-corrected chi connectivity index (χ3v) is 3.73. The third-order valence-electron chi connectivity index (χ3n) is 2.74. The van der Waals surface area contributed by atoms with Crippen molar-refractivity contribution in [2.24, 2.45) is 0 Å². The van der Waals surface area contributed by atoms with Crippen LogP contribution in [0.3, 0.4) is 0 Å². The Morgan fingerprint density at radius 3 is 2.92 bits per heavy atom. The van der Waals surface area contributed by atoms with Crippen LogP contribution in [0.2, 0.25) is 0 Å². The molecule has 1 heterocycles. The van der Waals surface area contributed by atoms with E-state index in [2.05, 4.69) is 25.9 Å². The number of anilines is 1. The Bertz CT molecular complexity index is 776. The number of amides is 1. The molecule has 1 amide bonds. The second-order valence-electron chi connectivity index (χ2n) is 4.42. The van der Waals surface area contributed by atoms with Crippen LogP contribution >= 0.6 is 11.3 Å². The molecule has 0 aliphatic rings. The molecule has 9 heteroatoms. The number of nitrogens with zero attached hydrogens (tertiary/aromatic N) is 2. The lowest BCUT2D eigenvalue weighted by molar-refractivity contribution is -0.138. The van der Waals surface area contributed by atoms with Gasteiger partial charge < -0.3 is 15.5 Å². The predicted octanol–water partition coefficient (Wildman–Crippen LogP) is 1.30. The number of thiazole rings is 1. The molecule has 0 saturated carbocycles. The average molecular weight is 345 g/mol. The molecule has 1 aromatic carbocycles. The number of nitrogens with one attached hydrogen (secondary N) is 3. The number of nitriles is 1. The van der Waals surface area contributed by atoms with Crippen LogP contribution in [0.25, 0.3) is 10.2 Å². The summed E-state index contributed by atoms with van der Waals surface area (Å²) in [5.74, 6) is -1.14. The standard InChI is InChI=1S/C15H15N5O3S/c1-2-23-14(22)10(7-16)8-18-20-13(21)9-17-15-19-11-5-3-4-6-12(11)24-15/h3-6,8,18H,2,9H2,1H3,(H,17,19)(H,20,21)/b10-8+. The summed E-state index contributed by atoms with van der Waals surface area (Å²) >= 11 is 1.44. The Labute approximate surface area is 142 Å². The number of hydrogen-bond donors (Lipinski definition) is 3. The van der Waals surface area contributed by atoms with Gasteiger partial charge in [0.15, 0.2) is 10.7 Å². The summed E-state index contributed by atoms with van der Waals surface area (Å²) in [6.45, 7) is 1.79. The molecule has 8 nitrogen and oxygen atoms in total. The van der Waals surface area contributed by atoms with Crippen molar-refractivity contribution >= 4 is 38.6 Å². The number of ether oxygens (including phenoxy) is 1. The molecule has 0 radical (unpaired) electrons. The van der Waals surface area contributed by atoms with Crippen molar-refractivity contribution in [1.29, 1.82) is 5.26 Å². The first-order chi connectivity index (χ1) is 11.6. The van der Waals surface area contributed by atoms with Crippen LogP contribution in [0.4, 0.5) is 5.13 Å². The van der Waals surface area contributed by atoms with Crippen molar-refractivity contribution < 1.29 is 14.3 Å². The zero-order chi connectivity index (χ0) is 17.4. The molecular formula is C15H15N5O3S. The second-order valence-corrected chi connectivity index (χ2v) is 5.45. The summed E-state index contributed by atoms with van der Waals surface area (Å²) in [5, 5.41) is 12.4. The highest BCUT2D eigenvalue weighted by molar-refractivity contribution is 7.22. The van der Waals surface area contributed by atoms with Crippen LogP contribution in [-0.4, -0.2) is 30.0 Å². The predicted molar refractivity (Wildman–Crippen MR) is 89.7 cm³/mol. The van der Waals surface area contributed by atoms with Crippen molar-refractivity contribution in [3.05, 3.63) is 36.0 Å². The Kier molecular flexibility index (Phi) is 6.10. The Balaban J connectivity index is 1.81. The van der Waals surface area contributed by atoms with E-state index < -0.39 is 5.97 Å². The smallest absolute Gasteiger partial charge is 0.350 e. The number of hydrazine groups is 1. The summed E-state index contributed by atoms with van der Waals surface area (Å²) in [5.41, 5.74) is 5.36. The molecule has 0 aliphatic heterocycles. The summed E-state index contributed by atoms with van der Waals surface area (Å²) in [7, 11) is 0. The van der Waals surface area contributed by atoms with Crippen molar-refractivity contribution in [3.63, 3.8) is 0 Å². The number of carbonyl (C=O) groups excluding carboxylic acids is 2. The molecule has 2 aromatic rings. The van der Waals surface area contributed by atoms with E-state index in [1.54, 1.807) is 13.0 Å². The Morgan fingerprint density at radius 1 is 1.42 bits per heavy atom. The molecule has 0 bridgehead atoms. The number of para-hydroxylation sites is 1. The zero-order valence-electron chi connectivity index (χ0n) is 12.8. The van der Waals surface area contributed by atoms with Crippen LogP contribution in [0.15, 0.2) is 36.0 Å². The van der Waals surface area contributed by atoms with Crippen molar-refractivity contribution in [2.45, 2.75) is 6.92 Å². The number of carbonyl (C=O) groups is 2. The fourth-order valence-corrected chi connectivity index (χ4v) is 2.54. The van der Waals surface area contributed by atoms with Crippen LogP contribution in [0.5, 0.6) is 0 Å². The number of esters is 1. The van der Waals surface area contributed by atoms with Crippen molar-refractivity contribution in [3.8, 4) is 6.07 Å². The fraction of sp³-hybridized carbons (Fsp3) is 0.200. The van der Waals surface area contributed by atoms with Gasteiger partial charge in [-0.25, -0.2) is 9.78 Å². The number of rotatable bonds is 7. The Hall–Kier alpha value is -3.12. The molecule has 0 saturated heterocycles. The van der Waals surface area contributed by atoms with Gasteiger partial charge in [-0.3, -0.25) is 10.2 Å². The fourth-order valence-electron chi connectivity index (χ4n) is 1.68. The maximum absolute atomic E-state index is 11.7. The second kappa shape index (κ2) is 8.50. The average Bonchev–Trinajstić information content (AvgIpc) is 3.00. The van der Waals surface area contributed by atoms with Gasteiger partial charge in [0.2, 0.25) is 0 Å². The minimum Gasteiger partial charge on any atom is -0.462 e. The highest BCUT2D eigenvalue weighted by atomic mass is 32.1. The van der Waals surface area contributed by atoms with Crippen molar-refractivity contribution in [2.75, 3.05) is 18.5 Å². The zero-order valence-corrected chi connectivity index (χ0v) is 13.6. The molecule has 0 aliphatic carbocycles. The number of aromatic nitrogens is 1. The van der Waals surface area contributed by atoms with E-state index >= 15 is 0 Å². The van der Waals surface area contributed by atoms with Crippen LogP contribution in [-0.2, 0) is 14.3 Å². The molecular weight excluding hydrogens is 330 g/mol. The molecule has 0 unspecified atom stereocenters. The first kappa shape index (κ1) is 17.2. The number of benzene rings is 1. The monoisotopic (exact) mass is 345 g/mol. The highest BCUT2D eigenvalue weighted by Crippen LogP contribution is 2.24. The van der Waals surface area contributed by atoms with E-state index in [1.165, 1.54) is 11.3 Å². The lowest BCUT2D eigenvalue weighted by Gasteiger charge is -2.05. The van der Waals surface area contributed by atoms with Gasteiger partial charge in [0.1, 0.15) is 6.07 Å². The maximum atomic E-state index is 11.7. The topological polar surface area (TPSA) is 116 Å². The summed E-state index contributed by atoms with van der Waals surface area (Å²) in [6, 6.07) is 9.34. The summed E-state index contributed by atoms with van der Waals surface area (Å²) in [6.07, 6.45) is 1.08. The number of hydrogen-bond acceptors (Lipinski definition) is 8. The van der Waals surface area contributed by atoms with Crippen LogP contribution in [0, 0.1) is 11.3 Å². The Morgan fingerprint density at radius 2 is 2.21 bits per heavy atom. The first-order valence-electron chi connectivity index (χ1n) is 7.05. The molecule has 0 atom stereocenters. The molecule has 2 rings (SSSR count). The summed E-state index contributed by atoms with van der Waals surface area (Å²) < 4.78 is 5.71. The van der Waals surface area contributed by atoms with Gasteiger partial charge in [-0.1, -0.05) is 23.5 Å². The van der Waals surface area contributed by atoms with E-state index in [-0.39, 0.29) is 24.6 Å². The molecule has 24 heavy (non-hydrogen) atoms. The first-order valence-corrected chi connectivity index (χ1v) is 7.87. The normalized spacial score (nSPS) is 10.8. The highest BCUT2D eigenvalue weighted by Gasteiger charge is 2.09. The van der Waals surface area contributed by atoms with E-state index in [0.717, 1.165) is 16.4 Å². The number of fused-ring (bicyclic) bond motifs is 1. The van der Waals surface area contributed by atoms with Crippen molar-refractivity contribution in [1.82, 2.24) is 15.8 Å². The van der Waals surface area contributed by atoms with Gasteiger partial charge in [0.05, 0.1) is 23.4 Å². The lowest BCUT2D eigenvalue weighted by atomic mass is 10.3. The van der Waals surface area contributed by atoms with E-state index in [1.807, 2.05) is 24.3 Å². The third kappa shape index (κ3) is 4.69. The van der Waals surface area contributed by atoms with E-state index in [9.17, 15) is 9.59 Å². The van der Waals surface area contributed by atoms with Gasteiger partial charge in [-0.2, -0.15) is 5.26 Å². The van der Waals surface area contributed by atoms with Gasteiger partial charge in [0, 0.05) is 6.20 Å². The lowest BCUT2D eigenvalue weighted by Crippen LogP contribution is -2.38. The molecule has 0 fully saturated rings. The molecule has 3 N–H and O–H groups in total. The maximum Gasteiger partial charge on any atom is 0.350 e. The SMILES string of the molecule is CCOC(=O)/C(C#N)=C/NNC(=O)CNc1nc2ccccc2s1. The minimum atomic E-state index is -0.755. The molecule has 0 spiro atoms. The summed E-state index contributed by atoms with van der Waals surface area (Å²) in [4.78, 5) is 27.4. The van der Waals surface area contributed by atoms with Gasteiger partial charge in [-0.05, 0) is 19.1 Å². The molecule has 124 valence electrons. The van der Waals surface area contributed by atoms with Gasteiger partial charge in [0.25, 0.3) is 5.91 Å². The minimum absolute atomic E-state index is 0.0119. The van der Waals surface area contributed by atoms with Crippen LogP contribution in [0.1, 0.15) is 6.92 Å². The molecule has 1 aromatic heterocycles. The van der Waals surface area contributed by atoms with E-state index in [0.29, 0.717) is 5.13 Å². The van der Waals surface area contributed by atoms with Gasteiger partial charge in [-0.15, -0.1) is 0 Å². The van der Waals surface area contributed by atoms with Crippen LogP contribution < -0.4 is 16.2 Å². The largest absolute Gasteiger partial charge is 0.462 e. The van der Waals surface area contributed by atoms with E-state index in [4.69, 9.17) is 5.26 Å². The van der Waals surface area contributed by atoms with Gasteiger partial charge >= 0.3 is 5.97 Å².